The van der Waals surface area contributed by atoms with Crippen LogP contribution in [0.3, 0.4) is 0 Å². The minimum atomic E-state index is -4.69. The van der Waals surface area contributed by atoms with Crippen molar-refractivity contribution in [3.63, 3.8) is 0 Å². The molecule has 0 bridgehead atoms. The van der Waals surface area contributed by atoms with Gasteiger partial charge in [0.05, 0.1) is 10.5 Å². The molecule has 2 aromatic heterocycles. The van der Waals surface area contributed by atoms with Crippen molar-refractivity contribution < 1.29 is 21.6 Å². The molecule has 0 radical (unpaired) electrons. The number of fused-ring (bicyclic) bond motifs is 1. The van der Waals surface area contributed by atoms with E-state index in [1.54, 1.807) is 18.7 Å². The molecule has 27 heavy (non-hydrogen) atoms. The fraction of sp³-hybridized carbons (Fsp3) is 0.688. The number of halogens is 3. The van der Waals surface area contributed by atoms with E-state index in [4.69, 9.17) is 0 Å². The lowest BCUT2D eigenvalue weighted by Gasteiger charge is -2.42. The second-order valence-corrected chi connectivity index (χ2v) is 9.46. The van der Waals surface area contributed by atoms with Gasteiger partial charge in [-0.3, -0.25) is 0 Å². The molecule has 0 atom stereocenters. The molecule has 0 N–H and O–H groups in total. The van der Waals surface area contributed by atoms with Crippen molar-refractivity contribution >= 4 is 21.3 Å². The van der Waals surface area contributed by atoms with Crippen molar-refractivity contribution in [3.05, 3.63) is 17.0 Å². The summed E-state index contributed by atoms with van der Waals surface area (Å²) in [5.74, 6) is -0.906. The molecule has 0 aliphatic carbocycles. The predicted octanol–water partition coefficient (Wildman–Crippen LogP) is 2.55. The number of aromatic nitrogens is 4. The number of anilines is 1. The lowest BCUT2D eigenvalue weighted by atomic mass is 10.0. The topological polar surface area (TPSA) is 80.5 Å². The molecule has 3 rings (SSSR count). The first-order valence-electron chi connectivity index (χ1n) is 8.74. The van der Waals surface area contributed by atoms with Crippen molar-refractivity contribution in [2.75, 3.05) is 23.7 Å². The summed E-state index contributed by atoms with van der Waals surface area (Å²) >= 11 is 0. The summed E-state index contributed by atoms with van der Waals surface area (Å²) < 4.78 is 64.7. The third-order valence-corrected chi connectivity index (χ3v) is 8.43. The van der Waals surface area contributed by atoms with E-state index in [9.17, 15) is 21.6 Å². The molecule has 150 valence electrons. The second-order valence-electron chi connectivity index (χ2n) is 6.96. The van der Waals surface area contributed by atoms with Crippen LogP contribution < -0.4 is 4.90 Å². The summed E-state index contributed by atoms with van der Waals surface area (Å²) in [6.45, 7) is 7.44. The Labute approximate surface area is 155 Å². The van der Waals surface area contributed by atoms with Crippen LogP contribution >= 0.6 is 0 Å². The van der Waals surface area contributed by atoms with Crippen molar-refractivity contribution in [2.24, 2.45) is 0 Å². The molecule has 1 aliphatic rings. The maximum Gasteiger partial charge on any atom is 0.453 e. The fourth-order valence-electron chi connectivity index (χ4n) is 3.66. The summed E-state index contributed by atoms with van der Waals surface area (Å²) in [6.07, 6.45) is -3.82. The average molecular weight is 405 g/mol. The van der Waals surface area contributed by atoms with Gasteiger partial charge in [0.2, 0.25) is 0 Å². The normalized spacial score (nSPS) is 19.6. The first-order chi connectivity index (χ1) is 12.5. The van der Waals surface area contributed by atoms with Crippen LogP contribution in [-0.2, 0) is 16.0 Å². The van der Waals surface area contributed by atoms with Crippen molar-refractivity contribution in [1.29, 1.82) is 0 Å². The molecular formula is C16H22F3N5O2S. The molecule has 3 heterocycles. The Kier molecular flexibility index (Phi) is 4.64. The molecule has 1 saturated heterocycles. The first kappa shape index (κ1) is 19.8. The van der Waals surface area contributed by atoms with Gasteiger partial charge in [0.25, 0.3) is 5.82 Å². The Morgan fingerprint density at radius 1 is 1.11 bits per heavy atom. The number of hydrogen-bond acceptors (Lipinski definition) is 6. The summed E-state index contributed by atoms with van der Waals surface area (Å²) in [4.78, 5) is 1.77. The number of nitrogens with zero attached hydrogens (tertiary/aromatic N) is 5. The highest BCUT2D eigenvalue weighted by Crippen LogP contribution is 2.36. The highest BCUT2D eigenvalue weighted by Gasteiger charge is 2.46. The molecule has 11 heteroatoms. The van der Waals surface area contributed by atoms with Gasteiger partial charge in [-0.15, -0.1) is 15.3 Å². The SMILES string of the molecule is CCC1(CC)CN(c2nn3c(C(F)(F)F)nnc3c(C)c2C)CCS1(=O)=O. The predicted molar refractivity (Wildman–Crippen MR) is 94.6 cm³/mol. The van der Waals surface area contributed by atoms with Crippen LogP contribution in [0.25, 0.3) is 5.65 Å². The van der Waals surface area contributed by atoms with E-state index in [-0.39, 0.29) is 24.5 Å². The molecule has 1 fully saturated rings. The van der Waals surface area contributed by atoms with Crippen LogP contribution in [0, 0.1) is 13.8 Å². The Bertz CT molecular complexity index is 980. The lowest BCUT2D eigenvalue weighted by Crippen LogP contribution is -2.56. The van der Waals surface area contributed by atoms with Crippen LogP contribution in [-0.4, -0.2) is 51.8 Å². The quantitative estimate of drug-likeness (QED) is 0.781. The smallest absolute Gasteiger partial charge is 0.352 e. The molecule has 0 spiro atoms. The van der Waals surface area contributed by atoms with E-state index in [0.29, 0.717) is 34.3 Å². The van der Waals surface area contributed by atoms with E-state index in [2.05, 4.69) is 15.3 Å². The minimum absolute atomic E-state index is 0.0467. The zero-order valence-corrected chi connectivity index (χ0v) is 16.4. The number of rotatable bonds is 3. The Balaban J connectivity index is 2.16. The number of aryl methyl sites for hydroxylation is 1. The molecule has 1 aliphatic heterocycles. The highest BCUT2D eigenvalue weighted by molar-refractivity contribution is 7.92. The van der Waals surface area contributed by atoms with Gasteiger partial charge in [0.15, 0.2) is 21.3 Å². The largest absolute Gasteiger partial charge is 0.453 e. The van der Waals surface area contributed by atoms with Gasteiger partial charge in [-0.2, -0.15) is 17.7 Å². The standard InChI is InChI=1S/C16H22F3N5O2S/c1-5-15(6-2)9-23(7-8-27(15,25)26)13-11(4)10(3)12-20-21-14(16(17,18)19)24(12)22-13/h5-9H2,1-4H3. The maximum atomic E-state index is 13.2. The van der Waals surface area contributed by atoms with Crippen LogP contribution in [0.15, 0.2) is 0 Å². The average Bonchev–Trinajstić information content (AvgIpc) is 3.03. The van der Waals surface area contributed by atoms with Gasteiger partial charge in [0, 0.05) is 24.2 Å². The van der Waals surface area contributed by atoms with Crippen LogP contribution in [0.1, 0.15) is 43.6 Å². The summed E-state index contributed by atoms with van der Waals surface area (Å²) in [7, 11) is -3.29. The third kappa shape index (κ3) is 2.95. The number of hydrogen-bond donors (Lipinski definition) is 0. The number of alkyl halides is 3. The van der Waals surface area contributed by atoms with Crippen LogP contribution in [0.4, 0.5) is 19.0 Å². The second kappa shape index (κ2) is 6.32. The molecule has 0 unspecified atom stereocenters. The fourth-order valence-corrected chi connectivity index (χ4v) is 5.78. The van der Waals surface area contributed by atoms with Gasteiger partial charge < -0.3 is 4.90 Å². The first-order valence-corrected chi connectivity index (χ1v) is 10.4. The van der Waals surface area contributed by atoms with E-state index in [1.165, 1.54) is 0 Å². The highest BCUT2D eigenvalue weighted by atomic mass is 32.2. The summed E-state index contributed by atoms with van der Waals surface area (Å²) in [5, 5.41) is 11.1. The van der Waals surface area contributed by atoms with E-state index in [1.807, 2.05) is 13.8 Å². The van der Waals surface area contributed by atoms with Crippen molar-refractivity contribution in [1.82, 2.24) is 19.8 Å². The van der Waals surface area contributed by atoms with Gasteiger partial charge in [0.1, 0.15) is 0 Å². The van der Waals surface area contributed by atoms with E-state index in [0.717, 1.165) is 0 Å². The summed E-state index contributed by atoms with van der Waals surface area (Å²) in [5.41, 5.74) is 1.25. The van der Waals surface area contributed by atoms with Crippen molar-refractivity contribution in [2.45, 2.75) is 51.5 Å². The third-order valence-electron chi connectivity index (χ3n) is 5.68. The summed E-state index contributed by atoms with van der Waals surface area (Å²) in [6, 6.07) is 0. The molecule has 0 saturated carbocycles. The van der Waals surface area contributed by atoms with Gasteiger partial charge in [-0.25, -0.2) is 8.42 Å². The lowest BCUT2D eigenvalue weighted by molar-refractivity contribution is -0.146. The molecule has 0 aromatic carbocycles. The van der Waals surface area contributed by atoms with Crippen LogP contribution in [0.2, 0.25) is 0 Å². The van der Waals surface area contributed by atoms with Crippen LogP contribution in [0.5, 0.6) is 0 Å². The minimum Gasteiger partial charge on any atom is -0.352 e. The monoisotopic (exact) mass is 405 g/mol. The zero-order chi connectivity index (χ0) is 20.2. The molecular weight excluding hydrogens is 383 g/mol. The van der Waals surface area contributed by atoms with Crippen molar-refractivity contribution in [3.8, 4) is 0 Å². The Hall–Kier alpha value is -1.91. The van der Waals surface area contributed by atoms with Gasteiger partial charge in [-0.1, -0.05) is 13.8 Å². The van der Waals surface area contributed by atoms with E-state index >= 15 is 0 Å². The van der Waals surface area contributed by atoms with Gasteiger partial charge >= 0.3 is 6.18 Å². The Morgan fingerprint density at radius 3 is 2.30 bits per heavy atom. The molecule has 7 nitrogen and oxygen atoms in total. The van der Waals surface area contributed by atoms with E-state index < -0.39 is 26.6 Å². The number of sulfone groups is 1. The van der Waals surface area contributed by atoms with Gasteiger partial charge in [-0.05, 0) is 26.7 Å². The molecule has 2 aromatic rings. The Morgan fingerprint density at radius 2 is 1.74 bits per heavy atom. The molecule has 0 amide bonds. The zero-order valence-electron chi connectivity index (χ0n) is 15.6. The maximum absolute atomic E-state index is 13.2.